The van der Waals surface area contributed by atoms with E-state index in [9.17, 15) is 15.0 Å². The molecule has 0 unspecified atom stereocenters. The van der Waals surface area contributed by atoms with Crippen molar-refractivity contribution < 1.29 is 19.7 Å². The molecule has 0 saturated heterocycles. The van der Waals surface area contributed by atoms with E-state index in [0.717, 1.165) is 12.8 Å². The molecule has 0 aromatic heterocycles. The second kappa shape index (κ2) is 7.41. The lowest BCUT2D eigenvalue weighted by molar-refractivity contribution is -0.153. The minimum absolute atomic E-state index is 0.00728. The molecule has 2 fully saturated rings. The lowest BCUT2D eigenvalue weighted by Crippen LogP contribution is -2.37. The van der Waals surface area contributed by atoms with E-state index in [-0.39, 0.29) is 30.5 Å². The van der Waals surface area contributed by atoms with Gasteiger partial charge in [-0.2, -0.15) is 0 Å². The first-order chi connectivity index (χ1) is 9.69. The molecule has 2 saturated carbocycles. The van der Waals surface area contributed by atoms with E-state index in [0.29, 0.717) is 25.4 Å². The van der Waals surface area contributed by atoms with Gasteiger partial charge in [0.25, 0.3) is 0 Å². The highest BCUT2D eigenvalue weighted by molar-refractivity contribution is 5.72. The molecule has 2 aliphatic rings. The van der Waals surface area contributed by atoms with E-state index < -0.39 is 0 Å². The van der Waals surface area contributed by atoms with Crippen molar-refractivity contribution in [3.63, 3.8) is 0 Å². The Labute approximate surface area is 121 Å². The normalized spacial score (nSPS) is 24.5. The molecular weight excluding hydrogens is 256 g/mol. The van der Waals surface area contributed by atoms with Crippen LogP contribution in [0.5, 0.6) is 0 Å². The molecule has 0 aliphatic heterocycles. The van der Waals surface area contributed by atoms with Crippen LogP contribution in [0.3, 0.4) is 0 Å². The van der Waals surface area contributed by atoms with Crippen molar-refractivity contribution in [3.8, 4) is 0 Å². The molecule has 0 heterocycles. The maximum atomic E-state index is 12.1. The molecule has 4 heteroatoms. The van der Waals surface area contributed by atoms with Crippen LogP contribution >= 0.6 is 0 Å². The van der Waals surface area contributed by atoms with Gasteiger partial charge in [-0.05, 0) is 44.4 Å². The maximum absolute atomic E-state index is 12.1. The zero-order valence-corrected chi connectivity index (χ0v) is 12.4. The van der Waals surface area contributed by atoms with Gasteiger partial charge in [0.15, 0.2) is 0 Å². The van der Waals surface area contributed by atoms with Gasteiger partial charge in [-0.15, -0.1) is 0 Å². The Bertz CT molecular complexity index is 296. The van der Waals surface area contributed by atoms with Gasteiger partial charge in [0.05, 0.1) is 25.7 Å². The third kappa shape index (κ3) is 3.95. The van der Waals surface area contributed by atoms with Crippen LogP contribution in [0.1, 0.15) is 57.8 Å². The fourth-order valence-electron chi connectivity index (χ4n) is 3.50. The number of rotatable bonds is 5. The summed E-state index contributed by atoms with van der Waals surface area (Å²) >= 11 is 0. The molecule has 116 valence electrons. The van der Waals surface area contributed by atoms with Crippen LogP contribution in [-0.4, -0.2) is 36.0 Å². The summed E-state index contributed by atoms with van der Waals surface area (Å²) in [5, 5.41) is 18.7. The van der Waals surface area contributed by atoms with E-state index in [4.69, 9.17) is 4.74 Å². The van der Waals surface area contributed by atoms with Crippen LogP contribution in [-0.2, 0) is 9.53 Å². The van der Waals surface area contributed by atoms with Gasteiger partial charge >= 0.3 is 5.97 Å². The van der Waals surface area contributed by atoms with Crippen LogP contribution < -0.4 is 0 Å². The summed E-state index contributed by atoms with van der Waals surface area (Å²) < 4.78 is 5.49. The summed E-state index contributed by atoms with van der Waals surface area (Å²) in [6.45, 7) is 0.598. The predicted molar refractivity (Wildman–Crippen MR) is 76.1 cm³/mol. The van der Waals surface area contributed by atoms with E-state index in [1.165, 1.54) is 32.1 Å². The second-order valence-corrected chi connectivity index (χ2v) is 6.72. The van der Waals surface area contributed by atoms with Crippen LogP contribution in [0.25, 0.3) is 0 Å². The van der Waals surface area contributed by atoms with Crippen molar-refractivity contribution in [3.05, 3.63) is 0 Å². The van der Waals surface area contributed by atoms with Crippen molar-refractivity contribution in [2.75, 3.05) is 19.8 Å². The number of carbonyl (C=O) groups excluding carboxylic acids is 1. The highest BCUT2D eigenvalue weighted by Gasteiger charge is 2.37. The summed E-state index contributed by atoms with van der Waals surface area (Å²) in [4.78, 5) is 12.1. The molecule has 4 nitrogen and oxygen atoms in total. The molecule has 20 heavy (non-hydrogen) atoms. The number of carbonyl (C=O) groups is 1. The van der Waals surface area contributed by atoms with Gasteiger partial charge in [0.1, 0.15) is 0 Å². The Morgan fingerprint density at radius 1 is 1.00 bits per heavy atom. The number of ether oxygens (including phenoxy) is 1. The summed E-state index contributed by atoms with van der Waals surface area (Å²) in [7, 11) is 0. The minimum Gasteiger partial charge on any atom is -0.465 e. The quantitative estimate of drug-likeness (QED) is 0.760. The van der Waals surface area contributed by atoms with Crippen molar-refractivity contribution >= 4 is 5.97 Å². The van der Waals surface area contributed by atoms with Crippen molar-refractivity contribution in [2.24, 2.45) is 17.3 Å². The average Bonchev–Trinajstić information content (AvgIpc) is 2.53. The summed E-state index contributed by atoms with van der Waals surface area (Å²) in [6, 6.07) is 0. The molecule has 0 aromatic rings. The van der Waals surface area contributed by atoms with E-state index >= 15 is 0 Å². The first-order valence-electron chi connectivity index (χ1n) is 8.07. The number of hydrogen-bond donors (Lipinski definition) is 2. The molecule has 2 aliphatic carbocycles. The Morgan fingerprint density at radius 2 is 1.60 bits per heavy atom. The van der Waals surface area contributed by atoms with Gasteiger partial charge in [-0.25, -0.2) is 0 Å². The fraction of sp³-hybridized carbons (Fsp3) is 0.938. The number of hydrogen-bond acceptors (Lipinski definition) is 4. The van der Waals surface area contributed by atoms with Gasteiger partial charge in [-0.3, -0.25) is 4.79 Å². The molecule has 2 N–H and O–H groups in total. The molecule has 0 atom stereocenters. The molecular formula is C16H28O4. The molecule has 0 spiro atoms. The molecule has 0 bridgehead atoms. The van der Waals surface area contributed by atoms with E-state index in [1.54, 1.807) is 0 Å². The summed E-state index contributed by atoms with van der Waals surface area (Å²) in [6.07, 6.45) is 9.10. The Kier molecular flexibility index (Phi) is 5.85. The largest absolute Gasteiger partial charge is 0.465 e. The highest BCUT2D eigenvalue weighted by Crippen LogP contribution is 2.38. The third-order valence-electron chi connectivity index (χ3n) is 5.24. The zero-order chi connectivity index (χ0) is 14.4. The smallest absolute Gasteiger partial charge is 0.308 e. The van der Waals surface area contributed by atoms with Crippen molar-refractivity contribution in [1.82, 2.24) is 0 Å². The van der Waals surface area contributed by atoms with Gasteiger partial charge < -0.3 is 14.9 Å². The first-order valence-corrected chi connectivity index (χ1v) is 8.07. The van der Waals surface area contributed by atoms with Crippen LogP contribution in [0.4, 0.5) is 0 Å². The van der Waals surface area contributed by atoms with E-state index in [2.05, 4.69) is 0 Å². The average molecular weight is 284 g/mol. The van der Waals surface area contributed by atoms with Crippen molar-refractivity contribution in [2.45, 2.75) is 57.8 Å². The predicted octanol–water partition coefficient (Wildman–Crippen LogP) is 2.27. The minimum atomic E-state index is -0.375. The lowest BCUT2D eigenvalue weighted by atomic mass is 9.71. The van der Waals surface area contributed by atoms with Crippen molar-refractivity contribution in [1.29, 1.82) is 0 Å². The lowest BCUT2D eigenvalue weighted by Gasteiger charge is -2.36. The molecule has 0 radical (unpaired) electrons. The Morgan fingerprint density at radius 3 is 2.15 bits per heavy atom. The molecule has 2 rings (SSSR count). The number of aliphatic hydroxyl groups excluding tert-OH is 2. The standard InChI is InChI=1S/C16H28O4/c17-11-16(12-18)8-6-14(7-9-16)15(19)20-10-13-4-2-1-3-5-13/h13-14,17-18H,1-12H2. The topological polar surface area (TPSA) is 66.8 Å². The van der Waals surface area contributed by atoms with Crippen LogP contribution in [0.15, 0.2) is 0 Å². The third-order valence-corrected chi connectivity index (χ3v) is 5.24. The molecule has 0 aromatic carbocycles. The van der Waals surface area contributed by atoms with Gasteiger partial charge in [-0.1, -0.05) is 19.3 Å². The first kappa shape index (κ1) is 15.8. The molecule has 0 amide bonds. The summed E-state index contributed by atoms with van der Waals surface area (Å²) in [5.41, 5.74) is -0.375. The van der Waals surface area contributed by atoms with Gasteiger partial charge in [0.2, 0.25) is 0 Å². The monoisotopic (exact) mass is 284 g/mol. The second-order valence-electron chi connectivity index (χ2n) is 6.72. The van der Waals surface area contributed by atoms with E-state index in [1.807, 2.05) is 0 Å². The Balaban J connectivity index is 1.71. The van der Waals surface area contributed by atoms with Crippen LogP contribution in [0, 0.1) is 17.3 Å². The highest BCUT2D eigenvalue weighted by atomic mass is 16.5. The number of esters is 1. The SMILES string of the molecule is O=C(OCC1CCCCC1)C1CCC(CO)(CO)CC1. The van der Waals surface area contributed by atoms with Gasteiger partial charge in [0, 0.05) is 5.41 Å². The summed E-state index contributed by atoms with van der Waals surface area (Å²) in [5.74, 6) is 0.454. The van der Waals surface area contributed by atoms with Crippen LogP contribution in [0.2, 0.25) is 0 Å². The maximum Gasteiger partial charge on any atom is 0.308 e. The fourth-order valence-corrected chi connectivity index (χ4v) is 3.50. The zero-order valence-electron chi connectivity index (χ0n) is 12.4. The Hall–Kier alpha value is -0.610. The number of aliphatic hydroxyl groups is 2.